The molecule has 2 aromatic rings. The summed E-state index contributed by atoms with van der Waals surface area (Å²) in [6, 6.07) is 13.3. The predicted molar refractivity (Wildman–Crippen MR) is 84.7 cm³/mol. The number of benzene rings is 2. The largest absolute Gasteiger partial charge is 0.312 e. The molecule has 114 valence electrons. The minimum atomic E-state index is -3.51. The lowest BCUT2D eigenvalue weighted by atomic mass is 10.2. The second kappa shape index (κ2) is 5.57. The molecule has 0 N–H and O–H groups in total. The number of carbonyl (C=O) groups is 1. The number of carbonyl (C=O) groups excluding carboxylic acids is 1. The molecule has 1 saturated heterocycles. The third-order valence-electron chi connectivity index (χ3n) is 3.86. The molecule has 0 atom stereocenters. The molecular weight excluding hydrogens is 298 g/mol. The Balaban J connectivity index is 1.92. The van der Waals surface area contributed by atoms with Crippen molar-refractivity contribution >= 4 is 21.4 Å². The molecule has 1 aliphatic rings. The van der Waals surface area contributed by atoms with Crippen molar-refractivity contribution in [3.05, 3.63) is 54.1 Å². The molecular formula is C17H17NO3S. The summed E-state index contributed by atoms with van der Waals surface area (Å²) < 4.78 is 25.1. The molecule has 5 heteroatoms. The number of hydrogen-bond donors (Lipinski definition) is 0. The van der Waals surface area contributed by atoms with Gasteiger partial charge in [0.1, 0.15) is 0 Å². The van der Waals surface area contributed by atoms with Crippen LogP contribution >= 0.6 is 0 Å². The van der Waals surface area contributed by atoms with E-state index >= 15 is 0 Å². The fourth-order valence-corrected chi connectivity index (χ4v) is 3.84. The van der Waals surface area contributed by atoms with Crippen LogP contribution in [0.4, 0.5) is 5.69 Å². The van der Waals surface area contributed by atoms with E-state index in [1.807, 2.05) is 6.92 Å². The molecule has 0 unspecified atom stereocenters. The minimum Gasteiger partial charge on any atom is -0.312 e. The third kappa shape index (κ3) is 2.64. The van der Waals surface area contributed by atoms with E-state index in [0.29, 0.717) is 13.0 Å². The summed E-state index contributed by atoms with van der Waals surface area (Å²) in [6.45, 7) is 2.61. The zero-order chi connectivity index (χ0) is 15.7. The summed E-state index contributed by atoms with van der Waals surface area (Å²) >= 11 is 0. The molecule has 1 amide bonds. The number of sulfone groups is 1. The first-order valence-corrected chi connectivity index (χ1v) is 8.69. The monoisotopic (exact) mass is 315 g/mol. The molecule has 1 aliphatic heterocycles. The van der Waals surface area contributed by atoms with E-state index in [0.717, 1.165) is 17.7 Å². The zero-order valence-electron chi connectivity index (χ0n) is 12.3. The van der Waals surface area contributed by atoms with Gasteiger partial charge < -0.3 is 4.90 Å². The number of nitrogens with zero attached hydrogens (tertiary/aromatic N) is 1. The highest BCUT2D eigenvalue weighted by Gasteiger charge is 2.23. The molecule has 0 aliphatic carbocycles. The zero-order valence-corrected chi connectivity index (χ0v) is 13.1. The summed E-state index contributed by atoms with van der Waals surface area (Å²) in [5.41, 5.74) is 1.77. The first kappa shape index (κ1) is 14.8. The topological polar surface area (TPSA) is 54.5 Å². The van der Waals surface area contributed by atoms with E-state index in [2.05, 4.69) is 0 Å². The van der Waals surface area contributed by atoms with E-state index in [4.69, 9.17) is 0 Å². The number of anilines is 1. The Bertz CT molecular complexity index is 793. The lowest BCUT2D eigenvalue weighted by Gasteiger charge is -2.16. The average molecular weight is 315 g/mol. The van der Waals surface area contributed by atoms with Crippen LogP contribution in [0.2, 0.25) is 0 Å². The van der Waals surface area contributed by atoms with Crippen LogP contribution in [0, 0.1) is 6.92 Å². The molecule has 1 heterocycles. The smallest absolute Gasteiger partial charge is 0.227 e. The molecule has 0 aromatic heterocycles. The van der Waals surface area contributed by atoms with Gasteiger partial charge in [0.05, 0.1) is 9.79 Å². The van der Waals surface area contributed by atoms with Gasteiger partial charge in [-0.25, -0.2) is 8.42 Å². The van der Waals surface area contributed by atoms with Crippen LogP contribution in [0.15, 0.2) is 58.3 Å². The average Bonchev–Trinajstić information content (AvgIpc) is 2.94. The van der Waals surface area contributed by atoms with E-state index < -0.39 is 9.84 Å². The highest BCUT2D eigenvalue weighted by Crippen LogP contribution is 2.26. The lowest BCUT2D eigenvalue weighted by molar-refractivity contribution is -0.117. The summed E-state index contributed by atoms with van der Waals surface area (Å²) in [5, 5.41) is 0. The first-order valence-electron chi connectivity index (χ1n) is 7.21. The molecule has 0 spiro atoms. The van der Waals surface area contributed by atoms with Crippen LogP contribution in [-0.2, 0) is 14.6 Å². The number of rotatable bonds is 3. The van der Waals surface area contributed by atoms with Crippen LogP contribution in [0.1, 0.15) is 18.4 Å². The van der Waals surface area contributed by atoms with Gasteiger partial charge in [-0.15, -0.1) is 0 Å². The highest BCUT2D eigenvalue weighted by atomic mass is 32.2. The van der Waals surface area contributed by atoms with Crippen molar-refractivity contribution in [1.82, 2.24) is 0 Å². The Hall–Kier alpha value is -2.14. The Labute approximate surface area is 130 Å². The van der Waals surface area contributed by atoms with Crippen molar-refractivity contribution in [3.8, 4) is 0 Å². The van der Waals surface area contributed by atoms with Gasteiger partial charge in [-0.1, -0.05) is 17.7 Å². The summed E-state index contributed by atoms with van der Waals surface area (Å²) in [4.78, 5) is 13.9. The molecule has 0 bridgehead atoms. The molecule has 1 fully saturated rings. The molecule has 22 heavy (non-hydrogen) atoms. The van der Waals surface area contributed by atoms with Crippen molar-refractivity contribution in [1.29, 1.82) is 0 Å². The first-order chi connectivity index (χ1) is 10.5. The molecule has 0 radical (unpaired) electrons. The summed E-state index contributed by atoms with van der Waals surface area (Å²) in [5.74, 6) is 0.0918. The Kier molecular flexibility index (Phi) is 3.74. The molecule has 0 saturated carbocycles. The third-order valence-corrected chi connectivity index (χ3v) is 5.65. The predicted octanol–water partition coefficient (Wildman–Crippen LogP) is 2.95. The van der Waals surface area contributed by atoms with E-state index in [9.17, 15) is 13.2 Å². The SMILES string of the molecule is Cc1ccc(S(=O)(=O)c2ccc(N3CCCC3=O)cc2)cc1. The van der Waals surface area contributed by atoms with Gasteiger partial charge in [-0.05, 0) is 49.7 Å². The van der Waals surface area contributed by atoms with Crippen LogP contribution in [0.5, 0.6) is 0 Å². The maximum Gasteiger partial charge on any atom is 0.227 e. The Morgan fingerprint density at radius 2 is 1.45 bits per heavy atom. The van der Waals surface area contributed by atoms with Crippen molar-refractivity contribution < 1.29 is 13.2 Å². The van der Waals surface area contributed by atoms with Crippen LogP contribution in [0.3, 0.4) is 0 Å². The minimum absolute atomic E-state index is 0.0918. The number of aryl methyl sites for hydroxylation is 1. The van der Waals surface area contributed by atoms with Gasteiger partial charge in [0.2, 0.25) is 15.7 Å². The van der Waals surface area contributed by atoms with Gasteiger partial charge in [-0.3, -0.25) is 4.79 Å². The second-order valence-corrected chi connectivity index (χ2v) is 7.41. The highest BCUT2D eigenvalue weighted by molar-refractivity contribution is 7.91. The quantitative estimate of drug-likeness (QED) is 0.875. The van der Waals surface area contributed by atoms with Crippen LogP contribution in [-0.4, -0.2) is 20.9 Å². The van der Waals surface area contributed by atoms with Crippen LogP contribution in [0.25, 0.3) is 0 Å². The molecule has 4 nitrogen and oxygen atoms in total. The Morgan fingerprint density at radius 3 is 1.95 bits per heavy atom. The van der Waals surface area contributed by atoms with E-state index in [1.54, 1.807) is 53.4 Å². The van der Waals surface area contributed by atoms with Gasteiger partial charge in [0, 0.05) is 18.7 Å². The maximum atomic E-state index is 12.6. The van der Waals surface area contributed by atoms with Crippen molar-refractivity contribution in [2.24, 2.45) is 0 Å². The standard InChI is InChI=1S/C17H17NO3S/c1-13-4-8-15(9-5-13)22(20,21)16-10-6-14(7-11-16)18-12-2-3-17(18)19/h4-11H,2-3,12H2,1H3. The van der Waals surface area contributed by atoms with Crippen LogP contribution < -0.4 is 4.90 Å². The maximum absolute atomic E-state index is 12.6. The van der Waals surface area contributed by atoms with E-state index in [1.165, 1.54) is 0 Å². The van der Waals surface area contributed by atoms with E-state index in [-0.39, 0.29) is 15.7 Å². The fourth-order valence-electron chi connectivity index (χ4n) is 2.58. The lowest BCUT2D eigenvalue weighted by Crippen LogP contribution is -2.23. The second-order valence-electron chi connectivity index (χ2n) is 5.46. The van der Waals surface area contributed by atoms with Crippen molar-refractivity contribution in [2.45, 2.75) is 29.6 Å². The van der Waals surface area contributed by atoms with Gasteiger partial charge in [0.25, 0.3) is 0 Å². The molecule has 2 aromatic carbocycles. The van der Waals surface area contributed by atoms with Gasteiger partial charge in [-0.2, -0.15) is 0 Å². The van der Waals surface area contributed by atoms with Crippen molar-refractivity contribution in [3.63, 3.8) is 0 Å². The van der Waals surface area contributed by atoms with Gasteiger partial charge >= 0.3 is 0 Å². The number of amides is 1. The van der Waals surface area contributed by atoms with Gasteiger partial charge in [0.15, 0.2) is 0 Å². The number of hydrogen-bond acceptors (Lipinski definition) is 3. The summed E-state index contributed by atoms with van der Waals surface area (Å²) in [7, 11) is -3.51. The normalized spacial score (nSPS) is 15.3. The fraction of sp³-hybridized carbons (Fsp3) is 0.235. The Morgan fingerprint density at radius 1 is 0.909 bits per heavy atom. The van der Waals surface area contributed by atoms with Crippen molar-refractivity contribution in [2.75, 3.05) is 11.4 Å². The molecule has 3 rings (SSSR count). The summed E-state index contributed by atoms with van der Waals surface area (Å²) in [6.07, 6.45) is 1.41.